The van der Waals surface area contributed by atoms with Gasteiger partial charge in [0.25, 0.3) is 0 Å². The Morgan fingerprint density at radius 2 is 2.20 bits per heavy atom. The second kappa shape index (κ2) is 4.34. The molecule has 3 aromatic rings. The molecule has 3 rings (SSSR count). The first-order chi connectivity index (χ1) is 9.61. The van der Waals surface area contributed by atoms with Crippen LogP contribution in [0.1, 0.15) is 16.1 Å². The second-order valence-electron chi connectivity index (χ2n) is 4.47. The van der Waals surface area contributed by atoms with Gasteiger partial charge in [0, 0.05) is 22.0 Å². The van der Waals surface area contributed by atoms with Gasteiger partial charge in [0.15, 0.2) is 5.69 Å². The molecule has 6 heteroatoms. The van der Waals surface area contributed by atoms with Crippen LogP contribution in [-0.4, -0.2) is 27.5 Å². The predicted molar refractivity (Wildman–Crippen MR) is 75.0 cm³/mol. The van der Waals surface area contributed by atoms with Gasteiger partial charge in [-0.1, -0.05) is 0 Å². The summed E-state index contributed by atoms with van der Waals surface area (Å²) in [6.45, 7) is 1.73. The summed E-state index contributed by atoms with van der Waals surface area (Å²) in [7, 11) is 0. The first-order valence-corrected chi connectivity index (χ1v) is 5.96. The molecule has 0 saturated heterocycles. The minimum Gasteiger partial charge on any atom is -0.477 e. The number of aryl methyl sites for hydroxylation is 1. The van der Waals surface area contributed by atoms with E-state index in [2.05, 4.69) is 15.3 Å². The van der Waals surface area contributed by atoms with E-state index in [4.69, 9.17) is 5.11 Å². The van der Waals surface area contributed by atoms with Gasteiger partial charge in [0.05, 0.1) is 11.7 Å². The summed E-state index contributed by atoms with van der Waals surface area (Å²) in [5.74, 6) is -1.05. The smallest absolute Gasteiger partial charge is 0.354 e. The summed E-state index contributed by atoms with van der Waals surface area (Å²) in [6.07, 6.45) is 2.12. The number of hydrogen-bond acceptors (Lipinski definition) is 3. The number of anilines is 1. The fourth-order valence-corrected chi connectivity index (χ4v) is 2.43. The SMILES string of the molecule is Cc1c(C(=O)O)ncc2[nH]c3ccc(NC=O)cc3c12. The van der Waals surface area contributed by atoms with Gasteiger partial charge in [-0.2, -0.15) is 0 Å². The number of aromatic amines is 1. The van der Waals surface area contributed by atoms with Crippen molar-refractivity contribution in [2.45, 2.75) is 6.92 Å². The van der Waals surface area contributed by atoms with Crippen molar-refractivity contribution in [1.82, 2.24) is 9.97 Å². The summed E-state index contributed by atoms with van der Waals surface area (Å²) >= 11 is 0. The molecule has 0 aliphatic carbocycles. The number of amides is 1. The largest absolute Gasteiger partial charge is 0.477 e. The van der Waals surface area contributed by atoms with Crippen molar-refractivity contribution in [3.63, 3.8) is 0 Å². The summed E-state index contributed by atoms with van der Waals surface area (Å²) < 4.78 is 0. The fourth-order valence-electron chi connectivity index (χ4n) is 2.43. The number of hydrogen-bond donors (Lipinski definition) is 3. The zero-order valence-electron chi connectivity index (χ0n) is 10.6. The van der Waals surface area contributed by atoms with E-state index < -0.39 is 5.97 Å². The third-order valence-electron chi connectivity index (χ3n) is 3.31. The lowest BCUT2D eigenvalue weighted by Gasteiger charge is -2.02. The maximum Gasteiger partial charge on any atom is 0.354 e. The van der Waals surface area contributed by atoms with Crippen LogP contribution in [0.15, 0.2) is 24.4 Å². The van der Waals surface area contributed by atoms with Gasteiger partial charge < -0.3 is 15.4 Å². The minimum absolute atomic E-state index is 0.0344. The number of carboxylic acid groups (broad SMARTS) is 1. The molecule has 0 unspecified atom stereocenters. The average Bonchev–Trinajstić information content (AvgIpc) is 2.77. The van der Waals surface area contributed by atoms with Gasteiger partial charge in [0.1, 0.15) is 0 Å². The minimum atomic E-state index is -1.05. The van der Waals surface area contributed by atoms with Crippen molar-refractivity contribution in [3.8, 4) is 0 Å². The average molecular weight is 269 g/mol. The van der Waals surface area contributed by atoms with E-state index in [0.29, 0.717) is 17.7 Å². The van der Waals surface area contributed by atoms with Crippen LogP contribution < -0.4 is 5.32 Å². The number of nitrogens with one attached hydrogen (secondary N) is 2. The lowest BCUT2D eigenvalue weighted by atomic mass is 10.1. The lowest BCUT2D eigenvalue weighted by molar-refractivity contribution is -0.105. The highest BCUT2D eigenvalue weighted by atomic mass is 16.4. The van der Waals surface area contributed by atoms with Crippen LogP contribution in [0, 0.1) is 6.92 Å². The van der Waals surface area contributed by atoms with E-state index in [1.807, 2.05) is 6.07 Å². The van der Waals surface area contributed by atoms with Gasteiger partial charge in [-0.25, -0.2) is 9.78 Å². The first-order valence-electron chi connectivity index (χ1n) is 5.96. The molecule has 1 amide bonds. The number of aromatic carboxylic acids is 1. The molecule has 0 radical (unpaired) electrons. The first kappa shape index (κ1) is 12.2. The summed E-state index contributed by atoms with van der Waals surface area (Å²) in [5.41, 5.74) is 2.92. The molecule has 0 saturated carbocycles. The Labute approximate surface area is 113 Å². The Bertz CT molecular complexity index is 852. The van der Waals surface area contributed by atoms with Crippen LogP contribution in [0.3, 0.4) is 0 Å². The molecule has 0 aliphatic rings. The van der Waals surface area contributed by atoms with Gasteiger partial charge in [0.2, 0.25) is 6.41 Å². The number of pyridine rings is 1. The van der Waals surface area contributed by atoms with Crippen molar-refractivity contribution in [2.24, 2.45) is 0 Å². The number of H-pyrrole nitrogens is 1. The number of rotatable bonds is 3. The van der Waals surface area contributed by atoms with E-state index in [1.54, 1.807) is 19.1 Å². The van der Waals surface area contributed by atoms with Crippen molar-refractivity contribution >= 4 is 39.9 Å². The van der Waals surface area contributed by atoms with Crippen molar-refractivity contribution in [3.05, 3.63) is 35.7 Å². The van der Waals surface area contributed by atoms with E-state index in [0.717, 1.165) is 21.8 Å². The predicted octanol–water partition coefficient (Wildman–Crippen LogP) is 2.29. The molecule has 20 heavy (non-hydrogen) atoms. The van der Waals surface area contributed by atoms with Crippen molar-refractivity contribution in [2.75, 3.05) is 5.32 Å². The number of aromatic nitrogens is 2. The quantitative estimate of drug-likeness (QED) is 0.636. The third-order valence-corrected chi connectivity index (χ3v) is 3.31. The molecule has 2 aromatic heterocycles. The van der Waals surface area contributed by atoms with Crippen molar-refractivity contribution in [1.29, 1.82) is 0 Å². The normalized spacial score (nSPS) is 10.8. The molecule has 0 atom stereocenters. The van der Waals surface area contributed by atoms with Crippen LogP contribution >= 0.6 is 0 Å². The number of carbonyl (C=O) groups is 2. The van der Waals surface area contributed by atoms with Crippen LogP contribution in [0.4, 0.5) is 5.69 Å². The van der Waals surface area contributed by atoms with Crippen LogP contribution in [0.2, 0.25) is 0 Å². The number of carbonyl (C=O) groups excluding carboxylic acids is 1. The van der Waals surface area contributed by atoms with E-state index in [9.17, 15) is 9.59 Å². The van der Waals surface area contributed by atoms with Gasteiger partial charge >= 0.3 is 5.97 Å². The summed E-state index contributed by atoms with van der Waals surface area (Å²) in [6, 6.07) is 5.41. The molecule has 100 valence electrons. The molecule has 2 heterocycles. The Morgan fingerprint density at radius 1 is 1.40 bits per heavy atom. The van der Waals surface area contributed by atoms with Crippen LogP contribution in [0.25, 0.3) is 21.8 Å². The monoisotopic (exact) mass is 269 g/mol. The summed E-state index contributed by atoms with van der Waals surface area (Å²) in [5, 5.41) is 13.4. The second-order valence-corrected chi connectivity index (χ2v) is 4.47. The maximum atomic E-state index is 11.2. The molecular formula is C14H11N3O3. The number of carboxylic acids is 1. The molecule has 0 spiro atoms. The highest BCUT2D eigenvalue weighted by Crippen LogP contribution is 2.30. The molecule has 0 bridgehead atoms. The van der Waals surface area contributed by atoms with Gasteiger partial charge in [-0.15, -0.1) is 0 Å². The fraction of sp³-hybridized carbons (Fsp3) is 0.0714. The van der Waals surface area contributed by atoms with E-state index >= 15 is 0 Å². The number of benzene rings is 1. The Kier molecular flexibility index (Phi) is 2.64. The Balaban J connectivity index is 2.39. The van der Waals surface area contributed by atoms with E-state index in [1.165, 1.54) is 6.20 Å². The standard InChI is InChI=1S/C14H11N3O3/c1-7-12-9-4-8(16-6-18)2-3-10(9)17-11(12)5-15-13(7)14(19)20/h2-6,17H,1H3,(H,16,18)(H,19,20). The Morgan fingerprint density at radius 3 is 2.90 bits per heavy atom. The molecular weight excluding hydrogens is 258 g/mol. The highest BCUT2D eigenvalue weighted by molar-refractivity contribution is 6.11. The molecule has 6 nitrogen and oxygen atoms in total. The Hall–Kier alpha value is -2.89. The lowest BCUT2D eigenvalue weighted by Crippen LogP contribution is -2.03. The van der Waals surface area contributed by atoms with E-state index in [-0.39, 0.29) is 5.69 Å². The number of fused-ring (bicyclic) bond motifs is 3. The van der Waals surface area contributed by atoms with Crippen LogP contribution in [0.5, 0.6) is 0 Å². The molecule has 0 aliphatic heterocycles. The molecule has 3 N–H and O–H groups in total. The zero-order valence-corrected chi connectivity index (χ0v) is 10.6. The highest BCUT2D eigenvalue weighted by Gasteiger charge is 2.15. The van der Waals surface area contributed by atoms with Crippen molar-refractivity contribution < 1.29 is 14.7 Å². The van der Waals surface area contributed by atoms with Gasteiger partial charge in [-0.05, 0) is 30.7 Å². The topological polar surface area (TPSA) is 95.1 Å². The van der Waals surface area contributed by atoms with Gasteiger partial charge in [-0.3, -0.25) is 4.79 Å². The maximum absolute atomic E-state index is 11.2. The number of nitrogens with zero attached hydrogens (tertiary/aromatic N) is 1. The third kappa shape index (κ3) is 1.70. The van der Waals surface area contributed by atoms with Crippen LogP contribution in [-0.2, 0) is 4.79 Å². The summed E-state index contributed by atoms with van der Waals surface area (Å²) in [4.78, 5) is 28.8. The molecule has 1 aromatic carbocycles. The zero-order chi connectivity index (χ0) is 14.3. The molecule has 0 fully saturated rings.